The van der Waals surface area contributed by atoms with E-state index in [-0.39, 0.29) is 18.4 Å². The number of hydrogen-bond acceptors (Lipinski definition) is 4. The topological polar surface area (TPSA) is 93.5 Å². The van der Waals surface area contributed by atoms with Crippen molar-refractivity contribution in [2.45, 2.75) is 30.8 Å². The predicted molar refractivity (Wildman–Crippen MR) is 46.8 cm³/mol. The van der Waals surface area contributed by atoms with E-state index in [0.29, 0.717) is 12.8 Å². The Balaban J connectivity index is 1.90. The third-order valence-electron chi connectivity index (χ3n) is 2.74. The molecule has 1 atom stereocenters. The molecule has 4 N–H and O–H groups in total. The minimum Gasteiger partial charge on any atom is -0.341 e. The average molecular weight is 199 g/mol. The molecule has 1 saturated carbocycles. The van der Waals surface area contributed by atoms with Crippen LogP contribution in [0.2, 0.25) is 0 Å². The summed E-state index contributed by atoms with van der Waals surface area (Å²) in [5.41, 5.74) is 7.19. The van der Waals surface area contributed by atoms with E-state index in [1.807, 2.05) is 0 Å². The van der Waals surface area contributed by atoms with E-state index in [4.69, 9.17) is 5.73 Å². The molecular weight excluding hydrogens is 186 g/mol. The van der Waals surface area contributed by atoms with Crippen LogP contribution in [-0.2, 0) is 14.4 Å². The van der Waals surface area contributed by atoms with Crippen LogP contribution in [0.3, 0.4) is 0 Å². The van der Waals surface area contributed by atoms with Crippen molar-refractivity contribution in [2.24, 2.45) is 5.73 Å². The lowest BCUT2D eigenvalue weighted by Crippen LogP contribution is -2.61. The van der Waals surface area contributed by atoms with Crippen LogP contribution in [0.15, 0.2) is 0 Å². The van der Waals surface area contributed by atoms with Crippen LogP contribution in [0.5, 0.6) is 0 Å². The van der Waals surface area contributed by atoms with Gasteiger partial charge in [0.05, 0.1) is 5.54 Å². The molecule has 0 unspecified atom stereocenters. The van der Waals surface area contributed by atoms with Gasteiger partial charge in [-0.25, -0.2) is 5.48 Å². The van der Waals surface area contributed by atoms with Crippen molar-refractivity contribution in [1.29, 1.82) is 0 Å². The highest BCUT2D eigenvalue weighted by molar-refractivity contribution is 5.92. The van der Waals surface area contributed by atoms with Crippen LogP contribution in [0.25, 0.3) is 0 Å². The molecule has 0 bridgehead atoms. The number of amides is 2. The molecule has 0 aromatic heterocycles. The molecule has 0 aromatic carbocycles. The van der Waals surface area contributed by atoms with Gasteiger partial charge in [-0.3, -0.25) is 14.4 Å². The number of hydrogen-bond donors (Lipinski definition) is 3. The third kappa shape index (κ3) is 1.46. The summed E-state index contributed by atoms with van der Waals surface area (Å²) in [4.78, 5) is 27.3. The number of carbonyl (C=O) groups is 2. The number of carbonyl (C=O) groups excluding carboxylic acids is 2. The lowest BCUT2D eigenvalue weighted by atomic mass is 9.77. The summed E-state index contributed by atoms with van der Waals surface area (Å²) < 4.78 is 0. The maximum atomic E-state index is 11.6. The Hall–Kier alpha value is -1.14. The van der Waals surface area contributed by atoms with Gasteiger partial charge in [-0.1, -0.05) is 0 Å². The van der Waals surface area contributed by atoms with Crippen molar-refractivity contribution in [3.8, 4) is 0 Å². The lowest BCUT2D eigenvalue weighted by Gasteiger charge is -2.36. The van der Waals surface area contributed by atoms with Crippen molar-refractivity contribution in [2.75, 3.05) is 6.61 Å². The van der Waals surface area contributed by atoms with Crippen molar-refractivity contribution >= 4 is 11.8 Å². The summed E-state index contributed by atoms with van der Waals surface area (Å²) in [5, 5.41) is 2.57. The third-order valence-corrected chi connectivity index (χ3v) is 2.74. The molecule has 1 heterocycles. The number of nitrogens with two attached hydrogens (primary N) is 1. The van der Waals surface area contributed by atoms with Gasteiger partial charge in [0.15, 0.2) is 0 Å². The van der Waals surface area contributed by atoms with Crippen molar-refractivity contribution < 1.29 is 14.4 Å². The van der Waals surface area contributed by atoms with Crippen LogP contribution in [0.4, 0.5) is 0 Å². The van der Waals surface area contributed by atoms with Gasteiger partial charge in [-0.15, -0.1) is 0 Å². The molecule has 2 aliphatic rings. The van der Waals surface area contributed by atoms with Crippen LogP contribution >= 0.6 is 0 Å². The number of hydroxylamine groups is 1. The fraction of sp³-hybridized carbons (Fsp3) is 0.750. The molecule has 6 nitrogen and oxygen atoms in total. The zero-order chi connectivity index (χ0) is 10.2. The predicted octanol–water partition coefficient (Wildman–Crippen LogP) is -1.59. The highest BCUT2D eigenvalue weighted by Gasteiger charge is 2.42. The minimum absolute atomic E-state index is 0.167. The van der Waals surface area contributed by atoms with Crippen LogP contribution in [0.1, 0.15) is 19.3 Å². The SMILES string of the molecule is NC1(C(=O)N[C@@H]2CONC2=O)CCC1. The molecule has 14 heavy (non-hydrogen) atoms. The van der Waals surface area contributed by atoms with Crippen molar-refractivity contribution in [3.63, 3.8) is 0 Å². The lowest BCUT2D eigenvalue weighted by molar-refractivity contribution is -0.133. The maximum absolute atomic E-state index is 11.6. The highest BCUT2D eigenvalue weighted by atomic mass is 16.7. The zero-order valence-electron chi connectivity index (χ0n) is 7.71. The monoisotopic (exact) mass is 199 g/mol. The zero-order valence-corrected chi connectivity index (χ0v) is 7.71. The molecule has 2 amide bonds. The molecule has 78 valence electrons. The van der Waals surface area contributed by atoms with E-state index >= 15 is 0 Å². The minimum atomic E-state index is -0.761. The number of nitrogens with one attached hydrogen (secondary N) is 2. The van der Waals surface area contributed by atoms with Gasteiger partial charge in [0, 0.05) is 0 Å². The van der Waals surface area contributed by atoms with E-state index in [1.165, 1.54) is 0 Å². The van der Waals surface area contributed by atoms with E-state index in [0.717, 1.165) is 6.42 Å². The first kappa shape index (κ1) is 9.42. The van der Waals surface area contributed by atoms with Crippen LogP contribution in [0, 0.1) is 0 Å². The Kier molecular flexibility index (Phi) is 2.16. The summed E-state index contributed by atoms with van der Waals surface area (Å²) in [6, 6.07) is -0.594. The van der Waals surface area contributed by atoms with E-state index < -0.39 is 11.6 Å². The van der Waals surface area contributed by atoms with E-state index in [9.17, 15) is 9.59 Å². The van der Waals surface area contributed by atoms with Gasteiger partial charge in [0.1, 0.15) is 12.6 Å². The molecule has 2 rings (SSSR count). The summed E-state index contributed by atoms with van der Waals surface area (Å²) >= 11 is 0. The first-order valence-electron chi connectivity index (χ1n) is 4.63. The summed E-state index contributed by atoms with van der Waals surface area (Å²) in [6.45, 7) is 0.167. The number of rotatable bonds is 2. The van der Waals surface area contributed by atoms with E-state index in [2.05, 4.69) is 15.6 Å². The van der Waals surface area contributed by atoms with Crippen molar-refractivity contribution in [1.82, 2.24) is 10.8 Å². The molecule has 1 aliphatic carbocycles. The standard InChI is InChI=1S/C8H13N3O3/c9-8(2-1-3-8)7(13)10-5-4-14-11-6(5)12/h5H,1-4,9H2,(H,10,13)(H,11,12)/t5-/m1/s1. The molecule has 0 spiro atoms. The largest absolute Gasteiger partial charge is 0.341 e. The second kappa shape index (κ2) is 3.21. The average Bonchev–Trinajstić information content (AvgIpc) is 2.48. The van der Waals surface area contributed by atoms with Gasteiger partial charge in [0.2, 0.25) is 5.91 Å². The summed E-state index contributed by atoms with van der Waals surface area (Å²) in [5.74, 6) is -0.573. The Morgan fingerprint density at radius 2 is 2.36 bits per heavy atom. The molecular formula is C8H13N3O3. The van der Waals surface area contributed by atoms with Gasteiger partial charge < -0.3 is 11.1 Å². The molecule has 2 fully saturated rings. The van der Waals surface area contributed by atoms with Crippen LogP contribution < -0.4 is 16.5 Å². The quantitative estimate of drug-likeness (QED) is 0.500. The summed E-state index contributed by atoms with van der Waals surface area (Å²) in [7, 11) is 0. The second-order valence-corrected chi connectivity index (χ2v) is 3.81. The van der Waals surface area contributed by atoms with Gasteiger partial charge >= 0.3 is 0 Å². The summed E-state index contributed by atoms with van der Waals surface area (Å²) in [6.07, 6.45) is 2.35. The maximum Gasteiger partial charge on any atom is 0.268 e. The molecule has 1 saturated heterocycles. The molecule has 0 radical (unpaired) electrons. The molecule has 0 aromatic rings. The molecule has 1 aliphatic heterocycles. The van der Waals surface area contributed by atoms with E-state index in [1.54, 1.807) is 0 Å². The van der Waals surface area contributed by atoms with Crippen LogP contribution in [-0.4, -0.2) is 30.0 Å². The van der Waals surface area contributed by atoms with Gasteiger partial charge in [-0.05, 0) is 19.3 Å². The Labute approximate surface area is 81.1 Å². The van der Waals surface area contributed by atoms with Crippen molar-refractivity contribution in [3.05, 3.63) is 0 Å². The Morgan fingerprint density at radius 1 is 1.64 bits per heavy atom. The first-order chi connectivity index (χ1) is 6.62. The smallest absolute Gasteiger partial charge is 0.268 e. The van der Waals surface area contributed by atoms with Gasteiger partial charge in [0.25, 0.3) is 5.91 Å². The normalized spacial score (nSPS) is 29.2. The first-order valence-corrected chi connectivity index (χ1v) is 4.63. The second-order valence-electron chi connectivity index (χ2n) is 3.81. The highest BCUT2D eigenvalue weighted by Crippen LogP contribution is 2.29. The Morgan fingerprint density at radius 3 is 2.79 bits per heavy atom. The fourth-order valence-electron chi connectivity index (χ4n) is 1.54. The fourth-order valence-corrected chi connectivity index (χ4v) is 1.54. The molecule has 6 heteroatoms. The Bertz CT molecular complexity index is 275. The van der Waals surface area contributed by atoms with Gasteiger partial charge in [-0.2, -0.15) is 0 Å².